The van der Waals surface area contributed by atoms with Crippen LogP contribution in [0.15, 0.2) is 64.9 Å². The Morgan fingerprint density at radius 2 is 1.93 bits per heavy atom. The molecule has 9 heteroatoms. The molecule has 29 heavy (non-hydrogen) atoms. The Hall–Kier alpha value is -2.49. The minimum Gasteiger partial charge on any atom is -0.495 e. The standard InChI is InChI=1S/C20H20N2O4S3/c1-26-18-10-9-14(12-17(18)22-29(2,24)25)21-20(23)16-7-3-4-8-19(16)28-13-15-6-5-11-27-15/h3-12,22H,13H2,1-2H3,(H,21,23). The van der Waals surface area contributed by atoms with Crippen LogP contribution < -0.4 is 14.8 Å². The van der Waals surface area contributed by atoms with Gasteiger partial charge in [0.1, 0.15) is 5.75 Å². The summed E-state index contributed by atoms with van der Waals surface area (Å²) in [5.74, 6) is 0.877. The number of carbonyl (C=O) groups excluding carboxylic acids is 1. The Morgan fingerprint density at radius 3 is 2.62 bits per heavy atom. The predicted octanol–water partition coefficient (Wildman–Crippen LogP) is 4.67. The number of nitrogens with one attached hydrogen (secondary N) is 2. The van der Waals surface area contributed by atoms with E-state index in [0.29, 0.717) is 17.0 Å². The van der Waals surface area contributed by atoms with Crippen LogP contribution in [0.2, 0.25) is 0 Å². The third-order valence-electron chi connectivity index (χ3n) is 3.83. The Bertz CT molecular complexity index is 1100. The SMILES string of the molecule is COc1ccc(NC(=O)c2ccccc2SCc2cccs2)cc1NS(C)(=O)=O. The molecule has 0 saturated carbocycles. The van der Waals surface area contributed by atoms with Gasteiger partial charge in [-0.1, -0.05) is 18.2 Å². The first-order valence-electron chi connectivity index (χ1n) is 8.57. The van der Waals surface area contributed by atoms with E-state index in [-0.39, 0.29) is 11.6 Å². The van der Waals surface area contributed by atoms with Crippen LogP contribution in [-0.2, 0) is 15.8 Å². The Balaban J connectivity index is 1.79. The quantitative estimate of drug-likeness (QED) is 0.489. The second kappa shape index (κ2) is 9.34. The summed E-state index contributed by atoms with van der Waals surface area (Å²) in [5.41, 5.74) is 1.27. The van der Waals surface area contributed by atoms with Crippen LogP contribution in [0, 0.1) is 0 Å². The fourth-order valence-corrected chi connectivity index (χ4v) is 4.97. The summed E-state index contributed by atoms with van der Waals surface area (Å²) in [7, 11) is -2.04. The van der Waals surface area contributed by atoms with Gasteiger partial charge in [0.2, 0.25) is 10.0 Å². The molecular formula is C20H20N2O4S3. The van der Waals surface area contributed by atoms with Crippen molar-refractivity contribution in [3.63, 3.8) is 0 Å². The van der Waals surface area contributed by atoms with Gasteiger partial charge in [0.15, 0.2) is 0 Å². The molecular weight excluding hydrogens is 428 g/mol. The number of amides is 1. The summed E-state index contributed by atoms with van der Waals surface area (Å²) in [6.07, 6.45) is 1.05. The maximum absolute atomic E-state index is 12.9. The molecule has 0 unspecified atom stereocenters. The molecule has 1 aromatic heterocycles. The van der Waals surface area contributed by atoms with Crippen LogP contribution >= 0.6 is 23.1 Å². The van der Waals surface area contributed by atoms with Crippen LogP contribution in [0.5, 0.6) is 5.75 Å². The van der Waals surface area contributed by atoms with E-state index in [0.717, 1.165) is 16.9 Å². The van der Waals surface area contributed by atoms with Crippen LogP contribution in [0.3, 0.4) is 0 Å². The second-order valence-electron chi connectivity index (χ2n) is 6.11. The third kappa shape index (κ3) is 5.99. The number of methoxy groups -OCH3 is 1. The molecule has 0 aliphatic heterocycles. The van der Waals surface area contributed by atoms with Gasteiger partial charge in [-0.3, -0.25) is 9.52 Å². The van der Waals surface area contributed by atoms with Crippen molar-refractivity contribution in [3.05, 3.63) is 70.4 Å². The minimum absolute atomic E-state index is 0.258. The van der Waals surface area contributed by atoms with Gasteiger partial charge in [-0.2, -0.15) is 0 Å². The van der Waals surface area contributed by atoms with E-state index >= 15 is 0 Å². The second-order valence-corrected chi connectivity index (χ2v) is 9.91. The average Bonchev–Trinajstić information content (AvgIpc) is 3.19. The highest BCUT2D eigenvalue weighted by molar-refractivity contribution is 7.98. The lowest BCUT2D eigenvalue weighted by molar-refractivity contribution is 0.102. The van der Waals surface area contributed by atoms with Crippen molar-refractivity contribution in [1.82, 2.24) is 0 Å². The molecule has 3 rings (SSSR count). The lowest BCUT2D eigenvalue weighted by atomic mass is 10.2. The summed E-state index contributed by atoms with van der Waals surface area (Å²) in [6.45, 7) is 0. The van der Waals surface area contributed by atoms with Crippen molar-refractivity contribution in [2.24, 2.45) is 0 Å². The highest BCUT2D eigenvalue weighted by Crippen LogP contribution is 2.31. The Morgan fingerprint density at radius 1 is 1.14 bits per heavy atom. The number of anilines is 2. The van der Waals surface area contributed by atoms with Crippen LogP contribution in [0.4, 0.5) is 11.4 Å². The van der Waals surface area contributed by atoms with Gasteiger partial charge in [-0.25, -0.2) is 8.42 Å². The maximum Gasteiger partial charge on any atom is 0.256 e. The number of carbonyl (C=O) groups is 1. The van der Waals surface area contributed by atoms with Gasteiger partial charge in [0.25, 0.3) is 5.91 Å². The molecule has 152 valence electrons. The predicted molar refractivity (Wildman–Crippen MR) is 120 cm³/mol. The number of benzene rings is 2. The van der Waals surface area contributed by atoms with Gasteiger partial charge in [0, 0.05) is 21.2 Å². The van der Waals surface area contributed by atoms with Gasteiger partial charge < -0.3 is 10.1 Å². The van der Waals surface area contributed by atoms with E-state index in [9.17, 15) is 13.2 Å². The lowest BCUT2D eigenvalue weighted by Crippen LogP contribution is -2.14. The Kier molecular flexibility index (Phi) is 6.83. The van der Waals surface area contributed by atoms with Crippen molar-refractivity contribution in [2.75, 3.05) is 23.4 Å². The first-order chi connectivity index (χ1) is 13.9. The van der Waals surface area contributed by atoms with E-state index in [1.165, 1.54) is 18.1 Å². The summed E-state index contributed by atoms with van der Waals surface area (Å²) >= 11 is 3.28. The van der Waals surface area contributed by atoms with E-state index in [1.807, 2.05) is 29.6 Å². The van der Waals surface area contributed by atoms with Gasteiger partial charge >= 0.3 is 0 Å². The van der Waals surface area contributed by atoms with Gasteiger partial charge in [-0.05, 0) is 41.8 Å². The smallest absolute Gasteiger partial charge is 0.256 e. The fourth-order valence-electron chi connectivity index (χ4n) is 2.59. The topological polar surface area (TPSA) is 84.5 Å². The lowest BCUT2D eigenvalue weighted by Gasteiger charge is -2.13. The van der Waals surface area contributed by atoms with E-state index in [2.05, 4.69) is 16.1 Å². The van der Waals surface area contributed by atoms with Crippen molar-refractivity contribution in [2.45, 2.75) is 10.6 Å². The zero-order chi connectivity index (χ0) is 20.9. The number of ether oxygens (including phenoxy) is 1. The molecule has 6 nitrogen and oxygen atoms in total. The molecule has 0 aliphatic carbocycles. The molecule has 3 aromatic rings. The van der Waals surface area contributed by atoms with Crippen molar-refractivity contribution < 1.29 is 17.9 Å². The van der Waals surface area contributed by atoms with Crippen molar-refractivity contribution in [1.29, 1.82) is 0 Å². The monoisotopic (exact) mass is 448 g/mol. The average molecular weight is 449 g/mol. The van der Waals surface area contributed by atoms with Crippen molar-refractivity contribution in [3.8, 4) is 5.75 Å². The molecule has 0 bridgehead atoms. The first-order valence-corrected chi connectivity index (χ1v) is 12.3. The van der Waals surface area contributed by atoms with Gasteiger partial charge in [-0.15, -0.1) is 23.1 Å². The molecule has 0 spiro atoms. The number of hydrogen-bond donors (Lipinski definition) is 2. The van der Waals surface area contributed by atoms with E-state index in [1.54, 1.807) is 41.3 Å². The number of sulfonamides is 1. The number of hydrogen-bond acceptors (Lipinski definition) is 6. The van der Waals surface area contributed by atoms with Crippen LogP contribution in [0.1, 0.15) is 15.2 Å². The molecule has 0 radical (unpaired) electrons. The third-order valence-corrected chi connectivity index (χ3v) is 6.61. The number of thiophene rings is 1. The summed E-state index contributed by atoms with van der Waals surface area (Å²) in [5, 5.41) is 4.86. The normalized spacial score (nSPS) is 11.1. The molecule has 0 fully saturated rings. The molecule has 1 amide bonds. The maximum atomic E-state index is 12.9. The highest BCUT2D eigenvalue weighted by atomic mass is 32.2. The van der Waals surface area contributed by atoms with Crippen LogP contribution in [0.25, 0.3) is 0 Å². The Labute approximate surface area is 178 Å². The summed E-state index contributed by atoms with van der Waals surface area (Å²) in [6, 6.07) is 16.2. The fraction of sp³-hybridized carbons (Fsp3) is 0.150. The zero-order valence-electron chi connectivity index (χ0n) is 15.8. The molecule has 0 saturated heterocycles. The molecule has 0 aliphatic rings. The first kappa shape index (κ1) is 21.2. The van der Waals surface area contributed by atoms with Gasteiger partial charge in [0.05, 0.1) is 24.6 Å². The molecule has 1 heterocycles. The minimum atomic E-state index is -3.49. The largest absolute Gasteiger partial charge is 0.495 e. The molecule has 0 atom stereocenters. The zero-order valence-corrected chi connectivity index (χ0v) is 18.3. The summed E-state index contributed by atoms with van der Waals surface area (Å²) in [4.78, 5) is 15.0. The summed E-state index contributed by atoms with van der Waals surface area (Å²) < 4.78 is 30.7. The number of rotatable bonds is 8. The number of thioether (sulfide) groups is 1. The molecule has 2 aromatic carbocycles. The van der Waals surface area contributed by atoms with E-state index < -0.39 is 10.0 Å². The van der Waals surface area contributed by atoms with Crippen LogP contribution in [-0.4, -0.2) is 27.7 Å². The van der Waals surface area contributed by atoms with Crippen molar-refractivity contribution >= 4 is 50.4 Å². The molecule has 2 N–H and O–H groups in total. The van der Waals surface area contributed by atoms with E-state index in [4.69, 9.17) is 4.74 Å². The highest BCUT2D eigenvalue weighted by Gasteiger charge is 2.14.